The Kier molecular flexibility index (Phi) is 9.55. The largest absolute Gasteiger partial charge is 0.382 e. The van der Waals surface area contributed by atoms with Crippen LogP contribution in [-0.2, 0) is 18.9 Å². The maximum Gasteiger partial charge on any atom is 0.0701 e. The van der Waals surface area contributed by atoms with Crippen LogP contribution in [0.2, 0.25) is 0 Å². The van der Waals surface area contributed by atoms with Gasteiger partial charge >= 0.3 is 0 Å². The molecule has 1 aliphatic rings. The van der Waals surface area contributed by atoms with E-state index in [1.807, 2.05) is 0 Å². The van der Waals surface area contributed by atoms with E-state index in [1.54, 1.807) is 7.11 Å². The van der Waals surface area contributed by atoms with Crippen LogP contribution in [0.4, 0.5) is 0 Å². The highest BCUT2D eigenvalue weighted by atomic mass is 16.6. The normalized spacial score (nSPS) is 15.4. The lowest BCUT2D eigenvalue weighted by Gasteiger charge is -2.07. The van der Waals surface area contributed by atoms with E-state index in [9.17, 15) is 0 Å². The Hall–Kier alpha value is -0.200. The van der Waals surface area contributed by atoms with Crippen molar-refractivity contribution in [1.29, 1.82) is 0 Å². The molecule has 17 heavy (non-hydrogen) atoms. The lowest BCUT2D eigenvalue weighted by atomic mass is 10.6. The molecule has 1 rings (SSSR count). The molecular formula is C12H25NO4. The molecule has 0 saturated heterocycles. The van der Waals surface area contributed by atoms with E-state index in [1.165, 1.54) is 12.8 Å². The Bertz CT molecular complexity index is 165. The summed E-state index contributed by atoms with van der Waals surface area (Å²) >= 11 is 0. The molecule has 0 amide bonds. The number of methoxy groups -OCH3 is 1. The van der Waals surface area contributed by atoms with Crippen molar-refractivity contribution < 1.29 is 18.9 Å². The first-order chi connectivity index (χ1) is 8.43. The first kappa shape index (κ1) is 14.9. The van der Waals surface area contributed by atoms with Gasteiger partial charge in [0.2, 0.25) is 0 Å². The summed E-state index contributed by atoms with van der Waals surface area (Å²) in [4.78, 5) is 0. The summed E-state index contributed by atoms with van der Waals surface area (Å²) in [6.07, 6.45) is 2.65. The Balaban J connectivity index is 1.61. The number of hydrogen-bond acceptors (Lipinski definition) is 5. The van der Waals surface area contributed by atoms with Gasteiger partial charge in [0.05, 0.1) is 46.2 Å². The minimum absolute atomic E-state index is 0.618. The molecule has 0 heterocycles. The van der Waals surface area contributed by atoms with Crippen molar-refractivity contribution in [2.24, 2.45) is 0 Å². The third-order valence-corrected chi connectivity index (χ3v) is 2.43. The highest BCUT2D eigenvalue weighted by Gasteiger charge is 2.19. The lowest BCUT2D eigenvalue weighted by Crippen LogP contribution is -2.22. The molecule has 0 spiro atoms. The van der Waals surface area contributed by atoms with Crippen LogP contribution in [-0.4, -0.2) is 65.9 Å². The first-order valence-electron chi connectivity index (χ1n) is 6.39. The van der Waals surface area contributed by atoms with Gasteiger partial charge in [0.25, 0.3) is 0 Å². The fourth-order valence-electron chi connectivity index (χ4n) is 1.31. The van der Waals surface area contributed by atoms with Crippen molar-refractivity contribution in [3.8, 4) is 0 Å². The van der Waals surface area contributed by atoms with Gasteiger partial charge in [-0.1, -0.05) is 0 Å². The van der Waals surface area contributed by atoms with Crippen molar-refractivity contribution in [3.63, 3.8) is 0 Å². The van der Waals surface area contributed by atoms with E-state index in [2.05, 4.69) is 5.32 Å². The van der Waals surface area contributed by atoms with Gasteiger partial charge in [-0.25, -0.2) is 0 Å². The second kappa shape index (κ2) is 10.9. The van der Waals surface area contributed by atoms with Crippen LogP contribution < -0.4 is 5.32 Å². The van der Waals surface area contributed by atoms with Crippen molar-refractivity contribution in [1.82, 2.24) is 5.32 Å². The molecule has 1 N–H and O–H groups in total. The average Bonchev–Trinajstić information content (AvgIpc) is 3.15. The Morgan fingerprint density at radius 2 is 1.35 bits per heavy atom. The minimum atomic E-state index is 0.618. The molecule has 1 saturated carbocycles. The second-order valence-corrected chi connectivity index (χ2v) is 4.06. The predicted octanol–water partition coefficient (Wildman–Crippen LogP) is 0.435. The highest BCUT2D eigenvalue weighted by molar-refractivity contribution is 4.80. The summed E-state index contributed by atoms with van der Waals surface area (Å²) < 4.78 is 20.9. The Morgan fingerprint density at radius 3 is 1.88 bits per heavy atom. The van der Waals surface area contributed by atoms with Crippen LogP contribution in [0.5, 0.6) is 0 Å². The SMILES string of the molecule is COCCOCCOCCOCCNC1CC1. The summed E-state index contributed by atoms with van der Waals surface area (Å²) in [7, 11) is 1.66. The molecule has 0 aromatic rings. The van der Waals surface area contributed by atoms with Crippen LogP contribution in [0.1, 0.15) is 12.8 Å². The fraction of sp³-hybridized carbons (Fsp3) is 1.00. The van der Waals surface area contributed by atoms with Crippen molar-refractivity contribution >= 4 is 0 Å². The molecule has 1 aliphatic carbocycles. The molecule has 1 fully saturated rings. The quantitative estimate of drug-likeness (QED) is 0.478. The van der Waals surface area contributed by atoms with Crippen molar-refractivity contribution in [2.45, 2.75) is 18.9 Å². The van der Waals surface area contributed by atoms with E-state index in [0.29, 0.717) is 39.6 Å². The number of ether oxygens (including phenoxy) is 4. The van der Waals surface area contributed by atoms with Gasteiger partial charge in [0.1, 0.15) is 0 Å². The second-order valence-electron chi connectivity index (χ2n) is 4.06. The number of nitrogens with one attached hydrogen (secondary N) is 1. The lowest BCUT2D eigenvalue weighted by molar-refractivity contribution is 0.00408. The van der Waals surface area contributed by atoms with Crippen LogP contribution >= 0.6 is 0 Å². The molecule has 0 aromatic heterocycles. The molecule has 0 unspecified atom stereocenters. The number of rotatable bonds is 13. The fourth-order valence-corrected chi connectivity index (χ4v) is 1.31. The summed E-state index contributed by atoms with van der Waals surface area (Å²) in [6, 6.07) is 0.763. The third-order valence-electron chi connectivity index (χ3n) is 2.43. The van der Waals surface area contributed by atoms with Gasteiger partial charge in [0.15, 0.2) is 0 Å². The van der Waals surface area contributed by atoms with Crippen LogP contribution in [0.3, 0.4) is 0 Å². The molecule has 5 nitrogen and oxygen atoms in total. The summed E-state index contributed by atoms with van der Waals surface area (Å²) in [5.74, 6) is 0. The maximum atomic E-state index is 5.41. The van der Waals surface area contributed by atoms with Gasteiger partial charge in [0, 0.05) is 19.7 Å². The van der Waals surface area contributed by atoms with E-state index in [-0.39, 0.29) is 0 Å². The monoisotopic (exact) mass is 247 g/mol. The maximum absolute atomic E-state index is 5.41. The summed E-state index contributed by atoms with van der Waals surface area (Å²) in [5, 5.41) is 3.39. The van der Waals surface area contributed by atoms with E-state index >= 15 is 0 Å². The van der Waals surface area contributed by atoms with Gasteiger partial charge in [-0.05, 0) is 12.8 Å². The molecule has 0 bridgehead atoms. The van der Waals surface area contributed by atoms with Crippen LogP contribution in [0.25, 0.3) is 0 Å². The molecule has 0 atom stereocenters. The number of hydrogen-bond donors (Lipinski definition) is 1. The summed E-state index contributed by atoms with van der Waals surface area (Å²) in [6.45, 7) is 5.51. The first-order valence-corrected chi connectivity index (χ1v) is 6.39. The highest BCUT2D eigenvalue weighted by Crippen LogP contribution is 2.17. The van der Waals surface area contributed by atoms with Crippen molar-refractivity contribution in [2.75, 3.05) is 59.9 Å². The van der Waals surface area contributed by atoms with Gasteiger partial charge in [-0.15, -0.1) is 0 Å². The summed E-state index contributed by atoms with van der Waals surface area (Å²) in [5.41, 5.74) is 0. The molecule has 5 heteroatoms. The van der Waals surface area contributed by atoms with E-state index in [4.69, 9.17) is 18.9 Å². The molecular weight excluding hydrogens is 222 g/mol. The Labute approximate surface area is 104 Å². The zero-order chi connectivity index (χ0) is 12.2. The standard InChI is InChI=1S/C12H25NO4/c1-14-6-7-16-10-11-17-9-8-15-5-4-13-12-2-3-12/h12-13H,2-11H2,1H3. The topological polar surface area (TPSA) is 49.0 Å². The molecule has 0 aromatic carbocycles. The Morgan fingerprint density at radius 1 is 0.824 bits per heavy atom. The predicted molar refractivity (Wildman–Crippen MR) is 65.4 cm³/mol. The zero-order valence-electron chi connectivity index (χ0n) is 10.8. The van der Waals surface area contributed by atoms with E-state index < -0.39 is 0 Å². The van der Waals surface area contributed by atoms with Crippen LogP contribution in [0, 0.1) is 0 Å². The smallest absolute Gasteiger partial charge is 0.0701 e. The zero-order valence-corrected chi connectivity index (χ0v) is 10.8. The molecule has 102 valence electrons. The van der Waals surface area contributed by atoms with Crippen LogP contribution in [0.15, 0.2) is 0 Å². The van der Waals surface area contributed by atoms with Gasteiger partial charge in [-0.2, -0.15) is 0 Å². The third kappa shape index (κ3) is 10.7. The van der Waals surface area contributed by atoms with Gasteiger partial charge < -0.3 is 24.3 Å². The molecule has 0 aliphatic heterocycles. The van der Waals surface area contributed by atoms with Gasteiger partial charge in [-0.3, -0.25) is 0 Å². The minimum Gasteiger partial charge on any atom is -0.382 e. The van der Waals surface area contributed by atoms with Crippen molar-refractivity contribution in [3.05, 3.63) is 0 Å². The average molecular weight is 247 g/mol. The van der Waals surface area contributed by atoms with E-state index in [0.717, 1.165) is 19.2 Å². The molecule has 0 radical (unpaired) electrons.